The maximum Gasteiger partial charge on any atom is 0.329 e. The van der Waals surface area contributed by atoms with Crippen molar-refractivity contribution in [3.8, 4) is 0 Å². The minimum atomic E-state index is -2.80. The Morgan fingerprint density at radius 1 is 1.67 bits per heavy atom. The van der Waals surface area contributed by atoms with E-state index in [1.807, 2.05) is 0 Å². The van der Waals surface area contributed by atoms with Crippen LogP contribution in [0.4, 0.5) is 0 Å². The molecule has 0 saturated heterocycles. The third-order valence-electron chi connectivity index (χ3n) is 1.48. The molecule has 0 aliphatic rings. The lowest BCUT2D eigenvalue weighted by Gasteiger charge is -1.93. The van der Waals surface area contributed by atoms with Crippen LogP contribution in [0.15, 0.2) is 15.9 Å². The molecule has 0 aliphatic heterocycles. The number of fused-ring (bicyclic) bond motifs is 1. The summed E-state index contributed by atoms with van der Waals surface area (Å²) in [5.74, 6) is 0. The number of hydrogen-bond donors (Lipinski definition) is 2. The first kappa shape index (κ1) is 4.24. The van der Waals surface area contributed by atoms with Crippen LogP contribution in [0.25, 0.3) is 11.2 Å². The molecule has 0 amide bonds. The lowest BCUT2D eigenvalue weighted by Crippen LogP contribution is -2.32. The first-order valence-electron chi connectivity index (χ1n) is 4.60. The van der Waals surface area contributed by atoms with Gasteiger partial charge in [0, 0.05) is 11.1 Å². The molecule has 0 fully saturated rings. The smallest absolute Gasteiger partial charge is 0.329 e. The monoisotopic (exact) mass is 170 g/mol. The quantitative estimate of drug-likeness (QED) is 0.495. The summed E-state index contributed by atoms with van der Waals surface area (Å²) in [5, 5.41) is 0. The van der Waals surface area contributed by atoms with Gasteiger partial charge >= 0.3 is 5.69 Å². The van der Waals surface area contributed by atoms with E-state index in [9.17, 15) is 9.59 Å². The molecule has 0 unspecified atom stereocenters. The van der Waals surface area contributed by atoms with Crippen LogP contribution in [-0.2, 0) is 6.98 Å². The number of rotatable bonds is 0. The van der Waals surface area contributed by atoms with Gasteiger partial charge < -0.3 is 4.98 Å². The second-order valence-electron chi connectivity index (χ2n) is 2.20. The molecule has 0 spiro atoms. The third kappa shape index (κ3) is 0.714. The lowest BCUT2D eigenvalue weighted by atomic mass is 10.5. The van der Waals surface area contributed by atoms with Gasteiger partial charge in [0.05, 0.1) is 6.33 Å². The van der Waals surface area contributed by atoms with Crippen molar-refractivity contribution in [3.63, 3.8) is 0 Å². The third-order valence-corrected chi connectivity index (χ3v) is 1.48. The van der Waals surface area contributed by atoms with E-state index in [1.54, 1.807) is 0 Å². The van der Waals surface area contributed by atoms with Gasteiger partial charge in [-0.1, -0.05) is 0 Å². The summed E-state index contributed by atoms with van der Waals surface area (Å²) >= 11 is 0. The van der Waals surface area contributed by atoms with Crippen molar-refractivity contribution in [1.82, 2.24) is 19.5 Å². The van der Waals surface area contributed by atoms with Gasteiger partial charge in [-0.3, -0.25) is 14.3 Å². The zero-order chi connectivity index (χ0) is 11.2. The zero-order valence-corrected chi connectivity index (χ0v) is 5.79. The number of aromatic amines is 2. The van der Waals surface area contributed by atoms with Gasteiger partial charge in [0.25, 0.3) is 5.56 Å². The van der Waals surface area contributed by atoms with Crippen molar-refractivity contribution in [2.24, 2.45) is 6.98 Å². The molecule has 62 valence electrons. The summed E-state index contributed by atoms with van der Waals surface area (Å²) in [6.07, 6.45) is 1.20. The predicted molar refractivity (Wildman–Crippen MR) is 42.0 cm³/mol. The van der Waals surface area contributed by atoms with Crippen LogP contribution in [0.3, 0.4) is 0 Å². The van der Waals surface area contributed by atoms with E-state index in [0.717, 1.165) is 0 Å². The Morgan fingerprint density at radius 2 is 2.50 bits per heavy atom. The van der Waals surface area contributed by atoms with E-state index in [-0.39, 0.29) is 15.7 Å². The summed E-state index contributed by atoms with van der Waals surface area (Å²) in [4.78, 5) is 31.2. The molecule has 2 aromatic rings. The first-order chi connectivity index (χ1) is 6.91. The molecule has 0 radical (unpaired) electrons. The van der Waals surface area contributed by atoms with Crippen LogP contribution in [0.2, 0.25) is 0 Å². The number of imidazole rings is 1. The van der Waals surface area contributed by atoms with E-state index < -0.39 is 18.2 Å². The van der Waals surface area contributed by atoms with Crippen molar-refractivity contribution >= 4 is 11.2 Å². The highest BCUT2D eigenvalue weighted by atomic mass is 16.2. The minimum absolute atomic E-state index is 0.0364. The molecular formula is C6H6N4O2. The van der Waals surface area contributed by atoms with Gasteiger partial charge in [-0.2, -0.15) is 0 Å². The predicted octanol–water partition coefficient (Wildman–Crippen LogP) is -1.05. The maximum atomic E-state index is 11.6. The summed E-state index contributed by atoms with van der Waals surface area (Å²) in [6.45, 7) is -2.80. The molecule has 2 N–H and O–H groups in total. The molecule has 0 saturated carbocycles. The molecule has 0 aliphatic carbocycles. The maximum absolute atomic E-state index is 11.6. The van der Waals surface area contributed by atoms with Crippen LogP contribution in [0.5, 0.6) is 0 Å². The molecule has 12 heavy (non-hydrogen) atoms. The van der Waals surface area contributed by atoms with Crippen molar-refractivity contribution in [3.05, 3.63) is 27.2 Å². The van der Waals surface area contributed by atoms with Crippen molar-refractivity contribution in [2.75, 3.05) is 0 Å². The van der Waals surface area contributed by atoms with E-state index in [1.165, 1.54) is 6.33 Å². The molecule has 0 aromatic carbocycles. The fourth-order valence-electron chi connectivity index (χ4n) is 0.913. The van der Waals surface area contributed by atoms with Crippen LogP contribution in [0.1, 0.15) is 4.11 Å². The average molecular weight is 170 g/mol. The zero-order valence-electron chi connectivity index (χ0n) is 8.79. The summed E-state index contributed by atoms with van der Waals surface area (Å²) in [5.41, 5.74) is -1.90. The van der Waals surface area contributed by atoms with Crippen molar-refractivity contribution < 1.29 is 4.11 Å². The number of H-pyrrole nitrogens is 2. The van der Waals surface area contributed by atoms with E-state index in [2.05, 4.69) is 15.0 Å². The SMILES string of the molecule is [2H][13C]([2H])([2H])n1c(=O)[nH]c2nc[nH]c2c1=O. The van der Waals surface area contributed by atoms with E-state index >= 15 is 0 Å². The minimum Gasteiger partial charge on any atom is -0.339 e. The highest BCUT2D eigenvalue weighted by Crippen LogP contribution is 1.93. The Hall–Kier alpha value is -1.85. The Kier molecular flexibility index (Phi) is 0.731. The number of aromatic nitrogens is 4. The van der Waals surface area contributed by atoms with Crippen molar-refractivity contribution in [1.29, 1.82) is 0 Å². The Balaban J connectivity index is 2.98. The molecule has 6 nitrogen and oxygen atoms in total. The standard InChI is InChI=1S/C6H6N4O2/c1-10-5(11)3-4(8-2-7-3)9-6(10)12/h2H,1H3,(H,7,8)(H,9,12)/i1+1D3. The van der Waals surface area contributed by atoms with Gasteiger partial charge in [-0.05, 0) is 0 Å². The van der Waals surface area contributed by atoms with Gasteiger partial charge in [0.1, 0.15) is 5.52 Å². The van der Waals surface area contributed by atoms with Gasteiger partial charge in [-0.15, -0.1) is 0 Å². The normalized spacial score (nSPS) is 15.5. The van der Waals surface area contributed by atoms with Gasteiger partial charge in [0.2, 0.25) is 0 Å². The van der Waals surface area contributed by atoms with Crippen LogP contribution in [0, 0.1) is 0 Å². The highest BCUT2D eigenvalue weighted by Gasteiger charge is 2.04. The Labute approximate surface area is 70.1 Å². The fourth-order valence-corrected chi connectivity index (χ4v) is 0.913. The van der Waals surface area contributed by atoms with Gasteiger partial charge in [0.15, 0.2) is 5.65 Å². The van der Waals surface area contributed by atoms with Gasteiger partial charge in [-0.25, -0.2) is 9.78 Å². The summed E-state index contributed by atoms with van der Waals surface area (Å²) < 4.78 is 21.2. The molecule has 0 bridgehead atoms. The van der Waals surface area contributed by atoms with Crippen LogP contribution in [-0.4, -0.2) is 19.5 Å². The Morgan fingerprint density at radius 3 is 3.25 bits per heavy atom. The number of nitrogens with one attached hydrogen (secondary N) is 2. The summed E-state index contributed by atoms with van der Waals surface area (Å²) in [7, 11) is 0. The van der Waals surface area contributed by atoms with E-state index in [0.29, 0.717) is 0 Å². The Bertz CT molecular complexity index is 620. The second kappa shape index (κ2) is 2.07. The number of hydrogen-bond acceptors (Lipinski definition) is 3. The summed E-state index contributed by atoms with van der Waals surface area (Å²) in [6, 6.07) is 0. The second-order valence-corrected chi connectivity index (χ2v) is 2.20. The average Bonchev–Trinajstić information content (AvgIpc) is 2.48. The molecular weight excluding hydrogens is 161 g/mol. The first-order valence-corrected chi connectivity index (χ1v) is 3.10. The topological polar surface area (TPSA) is 83.5 Å². The van der Waals surface area contributed by atoms with E-state index in [4.69, 9.17) is 4.11 Å². The molecule has 2 aromatic heterocycles. The molecule has 0 atom stereocenters. The van der Waals surface area contributed by atoms with Crippen LogP contribution >= 0.6 is 0 Å². The fraction of sp³-hybridized carbons (Fsp3) is 0.167. The molecule has 2 heterocycles. The lowest BCUT2D eigenvalue weighted by molar-refractivity contribution is 0.790. The largest absolute Gasteiger partial charge is 0.339 e. The molecule has 6 heteroatoms. The molecule has 2 rings (SSSR count). The highest BCUT2D eigenvalue weighted by molar-refractivity contribution is 5.67. The van der Waals surface area contributed by atoms with Crippen molar-refractivity contribution in [2.45, 2.75) is 0 Å². The number of nitrogens with zero attached hydrogens (tertiary/aromatic N) is 2. The van der Waals surface area contributed by atoms with Crippen LogP contribution < -0.4 is 11.2 Å².